The minimum absolute atomic E-state index is 0.00573. The van der Waals surface area contributed by atoms with Crippen molar-refractivity contribution in [2.45, 2.75) is 45.1 Å². The third-order valence-corrected chi connectivity index (χ3v) is 6.23. The Morgan fingerprint density at radius 2 is 1.67 bits per heavy atom. The number of methoxy groups -OCH3 is 1. The zero-order valence-corrected chi connectivity index (χ0v) is 19.7. The van der Waals surface area contributed by atoms with Crippen molar-refractivity contribution in [1.29, 1.82) is 0 Å². The molecule has 1 aliphatic heterocycles. The number of hydrogen-bond donors (Lipinski definition) is 0. The van der Waals surface area contributed by atoms with E-state index < -0.39 is 0 Å². The summed E-state index contributed by atoms with van der Waals surface area (Å²) < 4.78 is 5.17. The van der Waals surface area contributed by atoms with E-state index in [0.717, 1.165) is 18.4 Å². The Bertz CT molecular complexity index is 1040. The van der Waals surface area contributed by atoms with Crippen molar-refractivity contribution < 1.29 is 19.1 Å². The van der Waals surface area contributed by atoms with Gasteiger partial charge in [-0.3, -0.25) is 19.3 Å². The summed E-state index contributed by atoms with van der Waals surface area (Å²) in [5, 5.41) is 0. The molecular formula is C26H31N3O4. The van der Waals surface area contributed by atoms with Crippen LogP contribution < -0.4 is 9.64 Å². The van der Waals surface area contributed by atoms with E-state index in [0.29, 0.717) is 17.0 Å². The summed E-state index contributed by atoms with van der Waals surface area (Å²) in [6, 6.07) is 14.9. The van der Waals surface area contributed by atoms with Gasteiger partial charge < -0.3 is 14.5 Å². The first kappa shape index (κ1) is 22.8. The molecule has 2 fully saturated rings. The van der Waals surface area contributed by atoms with Crippen LogP contribution in [0.1, 0.15) is 49.5 Å². The molecule has 0 bridgehead atoms. The van der Waals surface area contributed by atoms with Gasteiger partial charge in [0.25, 0.3) is 5.91 Å². The summed E-state index contributed by atoms with van der Waals surface area (Å²) in [4.78, 5) is 43.6. The molecule has 33 heavy (non-hydrogen) atoms. The van der Waals surface area contributed by atoms with Gasteiger partial charge in [0.2, 0.25) is 11.8 Å². The van der Waals surface area contributed by atoms with Gasteiger partial charge in [-0.05, 0) is 60.2 Å². The second kappa shape index (κ2) is 8.89. The van der Waals surface area contributed by atoms with Crippen LogP contribution in [0.25, 0.3) is 0 Å². The predicted octanol–water partition coefficient (Wildman–Crippen LogP) is 3.43. The topological polar surface area (TPSA) is 70.2 Å². The van der Waals surface area contributed by atoms with Gasteiger partial charge in [-0.2, -0.15) is 0 Å². The van der Waals surface area contributed by atoms with Gasteiger partial charge >= 0.3 is 0 Å². The summed E-state index contributed by atoms with van der Waals surface area (Å²) in [7, 11) is 1.59. The number of nitrogens with zero attached hydrogens (tertiary/aromatic N) is 3. The van der Waals surface area contributed by atoms with Crippen molar-refractivity contribution in [3.05, 3.63) is 59.7 Å². The fourth-order valence-corrected chi connectivity index (χ4v) is 3.98. The van der Waals surface area contributed by atoms with Crippen LogP contribution in [0.3, 0.4) is 0 Å². The minimum Gasteiger partial charge on any atom is -0.497 e. The van der Waals surface area contributed by atoms with Crippen LogP contribution in [0.15, 0.2) is 48.5 Å². The molecule has 2 aromatic carbocycles. The monoisotopic (exact) mass is 449 g/mol. The number of anilines is 1. The molecule has 1 saturated heterocycles. The van der Waals surface area contributed by atoms with Crippen molar-refractivity contribution in [1.82, 2.24) is 9.80 Å². The van der Waals surface area contributed by atoms with E-state index in [9.17, 15) is 14.4 Å². The maximum Gasteiger partial charge on any atom is 0.254 e. The third-order valence-electron chi connectivity index (χ3n) is 6.23. The number of carbonyl (C=O) groups excluding carboxylic acids is 3. The Labute approximate surface area is 194 Å². The van der Waals surface area contributed by atoms with Gasteiger partial charge in [0.1, 0.15) is 25.5 Å². The molecule has 0 radical (unpaired) electrons. The number of hydrogen-bond acceptors (Lipinski definition) is 4. The molecule has 174 valence electrons. The van der Waals surface area contributed by atoms with Gasteiger partial charge in [-0.25, -0.2) is 0 Å². The standard InChI is InChI=1S/C26H31N3O4/c1-26(2,3)19-7-5-18(6-8-19)25(32)28(20-9-10-20)16-23(30)27-15-24(31)29(17-27)21-11-13-22(33-4)14-12-21/h5-8,11-14,20H,9-10,15-17H2,1-4H3. The molecule has 0 N–H and O–H groups in total. The van der Waals surface area contributed by atoms with Crippen LogP contribution in [-0.2, 0) is 15.0 Å². The van der Waals surface area contributed by atoms with Crippen LogP contribution in [0.4, 0.5) is 5.69 Å². The summed E-state index contributed by atoms with van der Waals surface area (Å²) in [5.74, 6) is 0.206. The Hall–Kier alpha value is -3.35. The summed E-state index contributed by atoms with van der Waals surface area (Å²) >= 11 is 0. The maximum absolute atomic E-state index is 13.2. The van der Waals surface area contributed by atoms with E-state index in [1.54, 1.807) is 41.2 Å². The highest BCUT2D eigenvalue weighted by Gasteiger charge is 2.38. The lowest BCUT2D eigenvalue weighted by molar-refractivity contribution is -0.132. The molecule has 2 aliphatic rings. The van der Waals surface area contributed by atoms with E-state index in [2.05, 4.69) is 20.8 Å². The second-order valence-electron chi connectivity index (χ2n) is 9.74. The Balaban J connectivity index is 1.43. The van der Waals surface area contributed by atoms with Crippen LogP contribution in [0.5, 0.6) is 5.75 Å². The fourth-order valence-electron chi connectivity index (χ4n) is 3.98. The van der Waals surface area contributed by atoms with Crippen molar-refractivity contribution >= 4 is 23.4 Å². The molecule has 0 spiro atoms. The molecule has 1 saturated carbocycles. The number of amides is 3. The summed E-state index contributed by atoms with van der Waals surface area (Å²) in [6.45, 7) is 6.56. The van der Waals surface area contributed by atoms with Gasteiger partial charge in [0.05, 0.1) is 7.11 Å². The van der Waals surface area contributed by atoms with Crippen LogP contribution in [0.2, 0.25) is 0 Å². The SMILES string of the molecule is COc1ccc(N2CN(C(=O)CN(C(=O)c3ccc(C(C)(C)C)cc3)C3CC3)CC2=O)cc1. The van der Waals surface area contributed by atoms with Gasteiger partial charge in [0, 0.05) is 17.3 Å². The molecule has 0 unspecified atom stereocenters. The number of ether oxygens (including phenoxy) is 1. The molecule has 7 heteroatoms. The van der Waals surface area contributed by atoms with E-state index in [-0.39, 0.29) is 48.9 Å². The average molecular weight is 450 g/mol. The smallest absolute Gasteiger partial charge is 0.254 e. The van der Waals surface area contributed by atoms with Crippen molar-refractivity contribution in [3.63, 3.8) is 0 Å². The first-order valence-electron chi connectivity index (χ1n) is 11.3. The van der Waals surface area contributed by atoms with Crippen molar-refractivity contribution in [2.24, 2.45) is 0 Å². The molecule has 0 atom stereocenters. The molecule has 7 nitrogen and oxygen atoms in total. The van der Waals surface area contributed by atoms with Gasteiger partial charge in [-0.15, -0.1) is 0 Å². The van der Waals surface area contributed by atoms with Crippen molar-refractivity contribution in [3.8, 4) is 5.75 Å². The molecule has 4 rings (SSSR count). The lowest BCUT2D eigenvalue weighted by atomic mass is 9.86. The lowest BCUT2D eigenvalue weighted by Crippen LogP contribution is -2.43. The number of rotatable bonds is 6. The molecule has 2 aromatic rings. The Morgan fingerprint density at radius 1 is 1.03 bits per heavy atom. The Morgan fingerprint density at radius 3 is 2.21 bits per heavy atom. The van der Waals surface area contributed by atoms with E-state index in [4.69, 9.17) is 4.74 Å². The molecule has 1 heterocycles. The molecule has 1 aliphatic carbocycles. The first-order chi connectivity index (χ1) is 15.7. The van der Waals surface area contributed by atoms with Crippen molar-refractivity contribution in [2.75, 3.05) is 31.8 Å². The Kier molecular flexibility index (Phi) is 6.15. The van der Waals surface area contributed by atoms with Crippen LogP contribution in [0, 0.1) is 0 Å². The minimum atomic E-state index is -0.217. The van der Waals surface area contributed by atoms with Gasteiger partial charge in [0.15, 0.2) is 0 Å². The fraction of sp³-hybridized carbons (Fsp3) is 0.423. The highest BCUT2D eigenvalue weighted by molar-refractivity contribution is 6.01. The largest absolute Gasteiger partial charge is 0.497 e. The highest BCUT2D eigenvalue weighted by atomic mass is 16.5. The van der Waals surface area contributed by atoms with E-state index >= 15 is 0 Å². The lowest BCUT2D eigenvalue weighted by Gasteiger charge is -2.25. The van der Waals surface area contributed by atoms with E-state index in [1.165, 1.54) is 4.90 Å². The molecule has 0 aromatic heterocycles. The average Bonchev–Trinajstić information content (AvgIpc) is 3.57. The van der Waals surface area contributed by atoms with Crippen LogP contribution >= 0.6 is 0 Å². The second-order valence-corrected chi connectivity index (χ2v) is 9.74. The maximum atomic E-state index is 13.2. The predicted molar refractivity (Wildman–Crippen MR) is 126 cm³/mol. The normalized spacial score (nSPS) is 16.2. The highest BCUT2D eigenvalue weighted by Crippen LogP contribution is 2.30. The zero-order valence-electron chi connectivity index (χ0n) is 19.7. The number of benzene rings is 2. The van der Waals surface area contributed by atoms with Gasteiger partial charge in [-0.1, -0.05) is 32.9 Å². The summed E-state index contributed by atoms with van der Waals surface area (Å²) in [5.41, 5.74) is 2.46. The summed E-state index contributed by atoms with van der Waals surface area (Å²) in [6.07, 6.45) is 1.80. The quantitative estimate of drug-likeness (QED) is 0.678. The van der Waals surface area contributed by atoms with Crippen LogP contribution in [-0.4, -0.2) is 60.4 Å². The molecule has 3 amide bonds. The zero-order chi connectivity index (χ0) is 23.8. The molecular weight excluding hydrogens is 418 g/mol. The van der Waals surface area contributed by atoms with E-state index in [1.807, 2.05) is 24.3 Å². The number of carbonyl (C=O) groups is 3. The third kappa shape index (κ3) is 5.02. The first-order valence-corrected chi connectivity index (χ1v) is 11.3.